The number of carboxylic acid groups (broad SMARTS) is 1. The number of rotatable bonds is 10. The Hall–Kier alpha value is -5.07. The first-order valence-electron chi connectivity index (χ1n) is 13.6. The number of Topliss-reactive ketones (excluding diaryl/α,β-unsaturated/α-hetero) is 1. The van der Waals surface area contributed by atoms with Crippen molar-refractivity contribution < 1.29 is 33.7 Å². The summed E-state index contributed by atoms with van der Waals surface area (Å²) in [5.74, 6) is -1.26. The molecule has 0 radical (unpaired) electrons. The lowest BCUT2D eigenvalue weighted by molar-refractivity contribution is -0.116. The molecule has 1 unspecified atom stereocenters. The van der Waals surface area contributed by atoms with Crippen LogP contribution in [0.5, 0.6) is 17.2 Å². The zero-order valence-corrected chi connectivity index (χ0v) is 26.1. The van der Waals surface area contributed by atoms with Crippen LogP contribution in [0.4, 0.5) is 10.8 Å². The van der Waals surface area contributed by atoms with Gasteiger partial charge < -0.3 is 30.4 Å². The van der Waals surface area contributed by atoms with E-state index in [2.05, 4.69) is 21.6 Å². The molecule has 1 atom stereocenters. The molecule has 0 fully saturated rings. The molecule has 45 heavy (non-hydrogen) atoms. The van der Waals surface area contributed by atoms with Crippen LogP contribution in [0.1, 0.15) is 41.1 Å². The molecule has 1 aliphatic heterocycles. The standard InChI is InChI=1S/C30H28N6O7S2/c1-41-21-12-23(43-3)22(42-2)11-16(21)25-17(13-31)27(32)36(19-9-6-10-20(37)26(19)25)29-34-35-30(45-29)44-14-24(38)33-18-8-5-4-7-15(18)28(39)40/h4-5,7-8,11-12,25H,6,9-10,14,32H2,1-3H3,(H,33,38)(H,39,40). The fraction of sp³-hybridized carbons (Fsp3) is 0.267. The summed E-state index contributed by atoms with van der Waals surface area (Å²) < 4.78 is 17.0. The number of nitrogens with two attached hydrogens (primary N) is 1. The molecule has 1 amide bonds. The number of hydrogen-bond acceptors (Lipinski definition) is 13. The molecule has 1 aromatic heterocycles. The maximum atomic E-state index is 13.6. The second-order valence-electron chi connectivity index (χ2n) is 9.80. The maximum Gasteiger partial charge on any atom is 0.337 e. The van der Waals surface area contributed by atoms with Crippen molar-refractivity contribution in [2.24, 2.45) is 5.73 Å². The van der Waals surface area contributed by atoms with Crippen molar-refractivity contribution in [3.8, 4) is 23.3 Å². The number of anilines is 2. The van der Waals surface area contributed by atoms with Crippen molar-refractivity contribution >= 4 is 51.6 Å². The van der Waals surface area contributed by atoms with E-state index >= 15 is 0 Å². The van der Waals surface area contributed by atoms with E-state index in [0.717, 1.165) is 23.1 Å². The first-order chi connectivity index (χ1) is 21.7. The zero-order chi connectivity index (χ0) is 32.2. The number of aromatic carboxylic acids is 1. The largest absolute Gasteiger partial charge is 0.496 e. The highest BCUT2D eigenvalue weighted by Gasteiger charge is 2.42. The highest BCUT2D eigenvalue weighted by atomic mass is 32.2. The van der Waals surface area contributed by atoms with Crippen molar-refractivity contribution in [1.29, 1.82) is 5.26 Å². The molecule has 1 aliphatic carbocycles. The topological polar surface area (TPSA) is 190 Å². The third-order valence-electron chi connectivity index (χ3n) is 7.31. The lowest BCUT2D eigenvalue weighted by Crippen LogP contribution is -2.38. The molecule has 4 N–H and O–H groups in total. The summed E-state index contributed by atoms with van der Waals surface area (Å²) in [4.78, 5) is 39.2. The number of methoxy groups -OCH3 is 3. The number of benzene rings is 2. The molecule has 5 rings (SSSR count). The van der Waals surface area contributed by atoms with Gasteiger partial charge in [-0.25, -0.2) is 4.79 Å². The van der Waals surface area contributed by atoms with Crippen LogP contribution in [0.2, 0.25) is 0 Å². The van der Waals surface area contributed by atoms with Gasteiger partial charge in [-0.05, 0) is 31.0 Å². The number of carboxylic acids is 1. The van der Waals surface area contributed by atoms with Gasteiger partial charge >= 0.3 is 5.97 Å². The highest BCUT2D eigenvalue weighted by molar-refractivity contribution is 8.01. The third-order valence-corrected chi connectivity index (χ3v) is 9.35. The predicted octanol–water partition coefficient (Wildman–Crippen LogP) is 4.30. The zero-order valence-electron chi connectivity index (χ0n) is 24.4. The molecule has 232 valence electrons. The quantitative estimate of drug-likeness (QED) is 0.264. The van der Waals surface area contributed by atoms with Crippen molar-refractivity contribution in [3.63, 3.8) is 0 Å². The summed E-state index contributed by atoms with van der Waals surface area (Å²) in [6.45, 7) is 0. The first-order valence-corrected chi connectivity index (χ1v) is 15.4. The maximum absolute atomic E-state index is 13.6. The van der Waals surface area contributed by atoms with Gasteiger partial charge in [-0.2, -0.15) is 5.26 Å². The molecule has 0 spiro atoms. The minimum Gasteiger partial charge on any atom is -0.496 e. The Morgan fingerprint density at radius 2 is 1.84 bits per heavy atom. The summed E-state index contributed by atoms with van der Waals surface area (Å²) >= 11 is 2.25. The molecule has 0 bridgehead atoms. The fourth-order valence-corrected chi connectivity index (χ4v) is 7.02. The molecule has 2 aliphatic rings. The van der Waals surface area contributed by atoms with Crippen molar-refractivity contribution in [1.82, 2.24) is 10.2 Å². The SMILES string of the molecule is COc1cc(OC)c(C2C(C#N)=C(N)N(c3nnc(SCC(=O)Nc4ccccc4C(=O)O)s3)C3=C2C(=O)CCC3)cc1OC. The Morgan fingerprint density at radius 1 is 1.13 bits per heavy atom. The normalized spacial score (nSPS) is 16.2. The summed E-state index contributed by atoms with van der Waals surface area (Å²) in [6, 6.07) is 11.7. The monoisotopic (exact) mass is 648 g/mol. The number of carbonyl (C=O) groups excluding carboxylic acids is 2. The predicted molar refractivity (Wildman–Crippen MR) is 167 cm³/mol. The van der Waals surface area contributed by atoms with E-state index < -0.39 is 17.8 Å². The number of carbonyl (C=O) groups is 3. The summed E-state index contributed by atoms with van der Waals surface area (Å²) in [5.41, 5.74) is 8.53. The van der Waals surface area contributed by atoms with Crippen molar-refractivity contribution in [2.45, 2.75) is 29.5 Å². The Labute approximate surface area is 266 Å². The summed E-state index contributed by atoms with van der Waals surface area (Å²) in [5, 5.41) is 31.2. The second kappa shape index (κ2) is 13.3. The lowest BCUT2D eigenvalue weighted by atomic mass is 9.75. The van der Waals surface area contributed by atoms with Gasteiger partial charge in [0, 0.05) is 29.3 Å². The van der Waals surface area contributed by atoms with Gasteiger partial charge in [-0.1, -0.05) is 35.2 Å². The van der Waals surface area contributed by atoms with E-state index in [0.29, 0.717) is 62.8 Å². The molecule has 3 aromatic rings. The van der Waals surface area contributed by atoms with Crippen LogP contribution in [0.15, 0.2) is 63.4 Å². The van der Waals surface area contributed by atoms with E-state index in [1.807, 2.05) is 0 Å². The molecule has 15 heteroatoms. The van der Waals surface area contributed by atoms with Crippen molar-refractivity contribution in [2.75, 3.05) is 37.3 Å². The Bertz CT molecular complexity index is 1790. The number of aromatic nitrogens is 2. The minimum absolute atomic E-state index is 0.0233. The number of nitrogens with zero attached hydrogens (tertiary/aromatic N) is 4. The van der Waals surface area contributed by atoms with Crippen LogP contribution in [-0.4, -0.2) is 60.0 Å². The number of ketones is 1. The molecule has 0 saturated heterocycles. The molecule has 2 aromatic carbocycles. The van der Waals surface area contributed by atoms with Crippen LogP contribution in [0.25, 0.3) is 0 Å². The van der Waals surface area contributed by atoms with Crippen molar-refractivity contribution in [3.05, 3.63) is 70.2 Å². The highest BCUT2D eigenvalue weighted by Crippen LogP contribution is 2.50. The number of allylic oxidation sites excluding steroid dienone is 3. The third kappa shape index (κ3) is 6.02. The molecule has 0 saturated carbocycles. The van der Waals surface area contributed by atoms with Gasteiger partial charge in [-0.3, -0.25) is 14.5 Å². The number of ether oxygens (including phenoxy) is 3. The van der Waals surface area contributed by atoms with Crippen LogP contribution < -0.4 is 30.2 Å². The number of amides is 1. The fourth-order valence-electron chi connectivity index (χ4n) is 5.34. The summed E-state index contributed by atoms with van der Waals surface area (Å²) in [6.07, 6.45) is 1.38. The average Bonchev–Trinajstić information content (AvgIpc) is 3.51. The van der Waals surface area contributed by atoms with Crippen LogP contribution in [-0.2, 0) is 9.59 Å². The van der Waals surface area contributed by atoms with Gasteiger partial charge in [0.1, 0.15) is 11.6 Å². The number of nitrogens with one attached hydrogen (secondary N) is 1. The van der Waals surface area contributed by atoms with E-state index in [-0.39, 0.29) is 34.2 Å². The first kappa shape index (κ1) is 31.4. The molecular formula is C30H28N6O7S2. The van der Waals surface area contributed by atoms with E-state index in [1.54, 1.807) is 29.2 Å². The summed E-state index contributed by atoms with van der Waals surface area (Å²) in [7, 11) is 4.48. The number of nitriles is 1. The van der Waals surface area contributed by atoms with E-state index in [4.69, 9.17) is 19.9 Å². The van der Waals surface area contributed by atoms with Crippen LogP contribution in [0, 0.1) is 11.3 Å². The Kier molecular flexibility index (Phi) is 9.26. The number of hydrogen-bond donors (Lipinski definition) is 3. The molecular weight excluding hydrogens is 620 g/mol. The average molecular weight is 649 g/mol. The Balaban J connectivity index is 1.47. The molecule has 13 nitrogen and oxygen atoms in total. The molecule has 2 heterocycles. The number of thioether (sulfide) groups is 1. The minimum atomic E-state index is -1.15. The van der Waals surface area contributed by atoms with Crippen LogP contribution in [0.3, 0.4) is 0 Å². The number of para-hydroxylation sites is 1. The smallest absolute Gasteiger partial charge is 0.337 e. The van der Waals surface area contributed by atoms with Gasteiger partial charge in [-0.15, -0.1) is 10.2 Å². The lowest BCUT2D eigenvalue weighted by Gasteiger charge is -2.38. The van der Waals surface area contributed by atoms with Gasteiger partial charge in [0.05, 0.1) is 55.9 Å². The van der Waals surface area contributed by atoms with Gasteiger partial charge in [0.2, 0.25) is 11.0 Å². The Morgan fingerprint density at radius 3 is 2.53 bits per heavy atom. The van der Waals surface area contributed by atoms with E-state index in [1.165, 1.54) is 33.5 Å². The van der Waals surface area contributed by atoms with Gasteiger partial charge in [0.15, 0.2) is 21.6 Å². The van der Waals surface area contributed by atoms with Gasteiger partial charge in [0.25, 0.3) is 0 Å². The second-order valence-corrected chi connectivity index (χ2v) is 12.0. The van der Waals surface area contributed by atoms with E-state index in [9.17, 15) is 24.8 Å². The van der Waals surface area contributed by atoms with Crippen LogP contribution >= 0.6 is 23.1 Å².